The average Bonchev–Trinajstić information content (AvgIpc) is 3.83. The molecule has 11 heteroatoms. The van der Waals surface area contributed by atoms with Crippen LogP contribution in [0.4, 0.5) is 16.2 Å². The number of para-hydroxylation sites is 1. The van der Waals surface area contributed by atoms with Crippen LogP contribution in [0.15, 0.2) is 85.1 Å². The van der Waals surface area contributed by atoms with Gasteiger partial charge in [0, 0.05) is 29.6 Å². The van der Waals surface area contributed by atoms with Crippen LogP contribution in [-0.2, 0) is 33.0 Å². The molecule has 47 heavy (non-hydrogen) atoms. The molecule has 2 saturated heterocycles. The number of anilines is 2. The number of carbonyl (C=O) groups is 2. The highest BCUT2D eigenvalue weighted by Gasteiger charge is 2.65. The quantitative estimate of drug-likeness (QED) is 0.273. The number of aliphatic hydroxyl groups excluding tert-OH is 1. The summed E-state index contributed by atoms with van der Waals surface area (Å²) in [6, 6.07) is 24.6. The number of benzene rings is 3. The Labute approximate surface area is 273 Å². The van der Waals surface area contributed by atoms with E-state index < -0.39 is 23.4 Å². The zero-order chi connectivity index (χ0) is 32.9. The van der Waals surface area contributed by atoms with E-state index in [0.717, 1.165) is 28.1 Å². The van der Waals surface area contributed by atoms with Crippen molar-refractivity contribution in [3.63, 3.8) is 0 Å². The van der Waals surface area contributed by atoms with Crippen molar-refractivity contribution in [1.29, 1.82) is 0 Å². The van der Waals surface area contributed by atoms with Gasteiger partial charge in [-0.1, -0.05) is 72.8 Å². The van der Waals surface area contributed by atoms with Gasteiger partial charge in [-0.15, -0.1) is 5.10 Å². The Hall–Kier alpha value is -4.58. The lowest BCUT2D eigenvalue weighted by molar-refractivity contribution is -0.146. The van der Waals surface area contributed by atoms with Crippen molar-refractivity contribution >= 4 is 23.4 Å². The number of carbonyl (C=O) groups excluding carboxylic acids is 2. The van der Waals surface area contributed by atoms with E-state index in [0.29, 0.717) is 38.4 Å². The van der Waals surface area contributed by atoms with Crippen molar-refractivity contribution in [2.24, 2.45) is 11.8 Å². The van der Waals surface area contributed by atoms with Gasteiger partial charge in [0.1, 0.15) is 18.4 Å². The highest BCUT2D eigenvalue weighted by molar-refractivity contribution is 6.07. The molecule has 3 aliphatic heterocycles. The molecule has 244 valence electrons. The number of amides is 2. The fourth-order valence-electron chi connectivity index (χ4n) is 7.66. The van der Waals surface area contributed by atoms with E-state index in [-0.39, 0.29) is 23.8 Å². The number of aryl methyl sites for hydroxylation is 1. The molecule has 2 N–H and O–H groups in total. The molecule has 0 aliphatic carbocycles. The maximum atomic E-state index is 14.6. The maximum absolute atomic E-state index is 14.6. The van der Waals surface area contributed by atoms with Gasteiger partial charge in [0.15, 0.2) is 5.60 Å². The second kappa shape index (κ2) is 11.9. The smallest absolute Gasteiger partial charge is 0.414 e. The molecular formula is C36H39N5O6. The molecule has 7 rings (SSSR count). The van der Waals surface area contributed by atoms with Crippen LogP contribution in [0.2, 0.25) is 0 Å². The Bertz CT molecular complexity index is 1770. The second-order valence-electron chi connectivity index (χ2n) is 13.2. The third kappa shape index (κ3) is 5.38. The van der Waals surface area contributed by atoms with Crippen LogP contribution in [0.3, 0.4) is 0 Å². The number of fused-ring (bicyclic) bond motifs is 2. The summed E-state index contributed by atoms with van der Waals surface area (Å²) >= 11 is 0. The predicted molar refractivity (Wildman–Crippen MR) is 173 cm³/mol. The Balaban J connectivity index is 1.13. The van der Waals surface area contributed by atoms with Crippen molar-refractivity contribution in [2.45, 2.75) is 63.7 Å². The largest absolute Gasteiger partial charge is 0.447 e. The van der Waals surface area contributed by atoms with Crippen molar-refractivity contribution in [3.8, 4) is 0 Å². The number of cyclic esters (lactones) is 1. The van der Waals surface area contributed by atoms with E-state index in [1.165, 1.54) is 0 Å². The highest BCUT2D eigenvalue weighted by Crippen LogP contribution is 2.58. The van der Waals surface area contributed by atoms with E-state index in [1.54, 1.807) is 34.5 Å². The van der Waals surface area contributed by atoms with E-state index in [1.807, 2.05) is 85.8 Å². The summed E-state index contributed by atoms with van der Waals surface area (Å²) in [5.74, 6) is -0.873. The molecule has 4 heterocycles. The van der Waals surface area contributed by atoms with E-state index in [4.69, 9.17) is 9.47 Å². The minimum Gasteiger partial charge on any atom is -0.447 e. The molecule has 0 radical (unpaired) electrons. The summed E-state index contributed by atoms with van der Waals surface area (Å²) < 4.78 is 13.6. The molecule has 3 aliphatic rings. The molecule has 5 atom stereocenters. The summed E-state index contributed by atoms with van der Waals surface area (Å²) in [7, 11) is 0. The molecule has 0 unspecified atom stereocenters. The lowest BCUT2D eigenvalue weighted by Crippen LogP contribution is -2.46. The van der Waals surface area contributed by atoms with Crippen LogP contribution in [0, 0.1) is 11.8 Å². The molecule has 1 aromatic heterocycles. The molecule has 2 amide bonds. The molecular weight excluding hydrogens is 598 g/mol. The Morgan fingerprint density at radius 2 is 1.74 bits per heavy atom. The van der Waals surface area contributed by atoms with Gasteiger partial charge in [-0.05, 0) is 49.6 Å². The first-order chi connectivity index (χ1) is 22.6. The average molecular weight is 638 g/mol. The summed E-state index contributed by atoms with van der Waals surface area (Å²) in [6.07, 6.45) is 0.474. The van der Waals surface area contributed by atoms with E-state index in [9.17, 15) is 19.8 Å². The van der Waals surface area contributed by atoms with Crippen molar-refractivity contribution < 1.29 is 29.3 Å². The fourth-order valence-corrected chi connectivity index (χ4v) is 7.66. The summed E-state index contributed by atoms with van der Waals surface area (Å²) in [5, 5.41) is 30.7. The third-order valence-electron chi connectivity index (χ3n) is 9.84. The topological polar surface area (TPSA) is 130 Å². The Morgan fingerprint density at radius 3 is 2.45 bits per heavy atom. The lowest BCUT2D eigenvalue weighted by Gasteiger charge is -2.34. The first-order valence-electron chi connectivity index (χ1n) is 16.1. The Morgan fingerprint density at radius 1 is 1.02 bits per heavy atom. The zero-order valence-corrected chi connectivity index (χ0v) is 26.7. The number of rotatable bonds is 9. The van der Waals surface area contributed by atoms with Crippen molar-refractivity contribution in [3.05, 3.63) is 107 Å². The van der Waals surface area contributed by atoms with Crippen molar-refractivity contribution in [2.75, 3.05) is 23.0 Å². The van der Waals surface area contributed by atoms with Gasteiger partial charge in [-0.2, -0.15) is 0 Å². The number of hydrogen-bond donors (Lipinski definition) is 2. The number of aliphatic hydroxyl groups is 2. The first kappa shape index (κ1) is 31.0. The molecule has 0 bridgehead atoms. The van der Waals surface area contributed by atoms with Gasteiger partial charge in [0.25, 0.3) is 5.91 Å². The standard InChI is InChI=1S/C36H39N5O6/c1-23-31(35(2,3)45)30(17-18-39-22-28(37-38-39)32(42)25-9-5-4-6-10-25)47-36(23)27-11-7-8-12-29(27)41(33(36)43)21-24-13-15-26(16-14-24)40-19-20-46-34(40)44/h4-16,22-23,30-32,42,45H,17-21H2,1-3H3/t23-,30+,31-,32+,36+/m0/s1. The minimum absolute atomic E-state index is 0.163. The van der Waals surface area contributed by atoms with Crippen LogP contribution in [0.1, 0.15) is 55.7 Å². The number of ether oxygens (including phenoxy) is 2. The van der Waals surface area contributed by atoms with Gasteiger partial charge in [-0.3, -0.25) is 14.4 Å². The van der Waals surface area contributed by atoms with E-state index >= 15 is 0 Å². The Kier molecular flexibility index (Phi) is 7.86. The second-order valence-corrected chi connectivity index (χ2v) is 13.2. The molecule has 0 saturated carbocycles. The third-order valence-corrected chi connectivity index (χ3v) is 9.84. The normalized spacial score (nSPS) is 24.7. The molecule has 4 aromatic rings. The van der Waals surface area contributed by atoms with Gasteiger partial charge in [0.05, 0.1) is 36.7 Å². The predicted octanol–water partition coefficient (Wildman–Crippen LogP) is 4.57. The summed E-state index contributed by atoms with van der Waals surface area (Å²) in [4.78, 5) is 30.0. The number of hydrogen-bond acceptors (Lipinski definition) is 8. The first-order valence-corrected chi connectivity index (χ1v) is 16.1. The van der Waals surface area contributed by atoms with E-state index in [2.05, 4.69) is 10.3 Å². The van der Waals surface area contributed by atoms with Crippen LogP contribution >= 0.6 is 0 Å². The fraction of sp³-hybridized carbons (Fsp3) is 0.389. The molecule has 2 fully saturated rings. The zero-order valence-electron chi connectivity index (χ0n) is 26.7. The number of nitrogens with zero attached hydrogens (tertiary/aromatic N) is 5. The molecule has 11 nitrogen and oxygen atoms in total. The SMILES string of the molecule is C[C@H]1[C@H](C(C)(C)O)[C@@H](CCn2cc([C@H](O)c3ccccc3)nn2)O[C@]12C(=O)N(Cc1ccc(N3CCOC3=O)cc1)c1ccccc12. The summed E-state index contributed by atoms with van der Waals surface area (Å²) in [6.45, 7) is 7.15. The van der Waals surface area contributed by atoms with Crippen LogP contribution in [0.25, 0.3) is 0 Å². The number of aromatic nitrogens is 3. The van der Waals surface area contributed by atoms with Crippen LogP contribution in [-0.4, -0.2) is 62.1 Å². The van der Waals surface area contributed by atoms with Crippen LogP contribution in [0.5, 0.6) is 0 Å². The maximum Gasteiger partial charge on any atom is 0.414 e. The monoisotopic (exact) mass is 637 g/mol. The van der Waals surface area contributed by atoms with Crippen LogP contribution < -0.4 is 9.80 Å². The molecule has 1 spiro atoms. The van der Waals surface area contributed by atoms with Gasteiger partial charge < -0.3 is 24.6 Å². The van der Waals surface area contributed by atoms with Gasteiger partial charge in [0.2, 0.25) is 0 Å². The van der Waals surface area contributed by atoms with Gasteiger partial charge in [-0.25, -0.2) is 4.79 Å². The lowest BCUT2D eigenvalue weighted by atomic mass is 9.71. The minimum atomic E-state index is -1.28. The highest BCUT2D eigenvalue weighted by atomic mass is 16.6. The van der Waals surface area contributed by atoms with Gasteiger partial charge >= 0.3 is 6.09 Å². The van der Waals surface area contributed by atoms with Crippen molar-refractivity contribution in [1.82, 2.24) is 15.0 Å². The summed E-state index contributed by atoms with van der Waals surface area (Å²) in [5.41, 5.74) is 1.98. The molecule has 3 aromatic carbocycles.